The highest BCUT2D eigenvalue weighted by Crippen LogP contribution is 2.36. The van der Waals surface area contributed by atoms with Crippen LogP contribution in [0.3, 0.4) is 0 Å². The van der Waals surface area contributed by atoms with Gasteiger partial charge >= 0.3 is 5.97 Å². The average Bonchev–Trinajstić information content (AvgIpc) is 2.46. The van der Waals surface area contributed by atoms with Crippen molar-refractivity contribution < 1.29 is 9.90 Å². The molecule has 0 amide bonds. The summed E-state index contributed by atoms with van der Waals surface area (Å²) in [4.78, 5) is 11.5. The molecule has 21 heavy (non-hydrogen) atoms. The van der Waals surface area contributed by atoms with Crippen molar-refractivity contribution in [2.75, 3.05) is 11.5 Å². The van der Waals surface area contributed by atoms with E-state index in [0.29, 0.717) is 16.9 Å². The van der Waals surface area contributed by atoms with Crippen LogP contribution in [0.15, 0.2) is 54.6 Å². The topological polar surface area (TPSA) is 89.3 Å². The largest absolute Gasteiger partial charge is 0.478 e. The summed E-state index contributed by atoms with van der Waals surface area (Å²) in [5, 5.41) is 11.4. The SMILES string of the molecule is Nc1cc(N)c(-c2cccc3ccccc23)c(C(=O)O)c1. The van der Waals surface area contributed by atoms with Gasteiger partial charge in [0.1, 0.15) is 0 Å². The molecule has 3 aromatic rings. The number of nitrogens with two attached hydrogens (primary N) is 2. The van der Waals surface area contributed by atoms with E-state index in [1.54, 1.807) is 6.07 Å². The Morgan fingerprint density at radius 3 is 2.43 bits per heavy atom. The van der Waals surface area contributed by atoms with E-state index >= 15 is 0 Å². The molecule has 4 heteroatoms. The molecule has 0 aliphatic carbocycles. The van der Waals surface area contributed by atoms with Crippen molar-refractivity contribution in [2.24, 2.45) is 0 Å². The summed E-state index contributed by atoms with van der Waals surface area (Å²) in [5.74, 6) is -1.04. The predicted octanol–water partition coefficient (Wildman–Crippen LogP) is 3.37. The van der Waals surface area contributed by atoms with Crippen molar-refractivity contribution in [2.45, 2.75) is 0 Å². The van der Waals surface area contributed by atoms with Crippen LogP contribution in [-0.2, 0) is 0 Å². The summed E-state index contributed by atoms with van der Waals surface area (Å²) in [6.07, 6.45) is 0. The van der Waals surface area contributed by atoms with Gasteiger partial charge in [0, 0.05) is 16.9 Å². The molecular formula is C17H14N2O2. The fraction of sp³-hybridized carbons (Fsp3) is 0. The van der Waals surface area contributed by atoms with Gasteiger partial charge in [0.2, 0.25) is 0 Å². The zero-order chi connectivity index (χ0) is 15.0. The third-order valence-corrected chi connectivity index (χ3v) is 3.48. The highest BCUT2D eigenvalue weighted by atomic mass is 16.4. The smallest absolute Gasteiger partial charge is 0.336 e. The lowest BCUT2D eigenvalue weighted by molar-refractivity contribution is 0.0698. The van der Waals surface area contributed by atoms with E-state index in [1.807, 2.05) is 42.5 Å². The molecule has 3 aromatic carbocycles. The van der Waals surface area contributed by atoms with Gasteiger partial charge in [-0.05, 0) is 28.5 Å². The summed E-state index contributed by atoms with van der Waals surface area (Å²) in [6.45, 7) is 0. The second kappa shape index (κ2) is 4.83. The Labute approximate surface area is 121 Å². The van der Waals surface area contributed by atoms with Crippen molar-refractivity contribution in [3.63, 3.8) is 0 Å². The van der Waals surface area contributed by atoms with E-state index < -0.39 is 5.97 Å². The molecule has 0 fully saturated rings. The normalized spacial score (nSPS) is 10.7. The first-order valence-electron chi connectivity index (χ1n) is 6.48. The van der Waals surface area contributed by atoms with E-state index in [9.17, 15) is 9.90 Å². The quantitative estimate of drug-likeness (QED) is 0.627. The third-order valence-electron chi connectivity index (χ3n) is 3.48. The van der Waals surface area contributed by atoms with Crippen LogP contribution in [0, 0.1) is 0 Å². The van der Waals surface area contributed by atoms with Gasteiger partial charge in [0.15, 0.2) is 0 Å². The number of hydrogen-bond acceptors (Lipinski definition) is 3. The minimum absolute atomic E-state index is 0.115. The number of rotatable bonds is 2. The maximum Gasteiger partial charge on any atom is 0.336 e. The Balaban J connectivity index is 2.41. The van der Waals surface area contributed by atoms with Crippen molar-refractivity contribution in [1.82, 2.24) is 0 Å². The Morgan fingerprint density at radius 2 is 1.67 bits per heavy atom. The molecule has 0 unspecified atom stereocenters. The molecule has 0 aromatic heterocycles. The summed E-state index contributed by atoms with van der Waals surface area (Å²) >= 11 is 0. The highest BCUT2D eigenvalue weighted by molar-refractivity contribution is 6.07. The van der Waals surface area contributed by atoms with E-state index in [4.69, 9.17) is 11.5 Å². The molecule has 0 bridgehead atoms. The first-order valence-corrected chi connectivity index (χ1v) is 6.48. The first kappa shape index (κ1) is 13.0. The molecule has 0 spiro atoms. The molecule has 4 nitrogen and oxygen atoms in total. The molecule has 104 valence electrons. The maximum absolute atomic E-state index is 11.5. The number of nitrogen functional groups attached to an aromatic ring is 2. The zero-order valence-corrected chi connectivity index (χ0v) is 11.2. The van der Waals surface area contributed by atoms with Crippen LogP contribution in [-0.4, -0.2) is 11.1 Å². The van der Waals surface area contributed by atoms with E-state index in [2.05, 4.69) is 0 Å². The number of hydrogen-bond donors (Lipinski definition) is 3. The minimum atomic E-state index is -1.04. The molecule has 0 radical (unpaired) electrons. The van der Waals surface area contributed by atoms with Crippen LogP contribution in [0.2, 0.25) is 0 Å². The minimum Gasteiger partial charge on any atom is -0.478 e. The lowest BCUT2D eigenvalue weighted by Crippen LogP contribution is -2.05. The summed E-state index contributed by atoms with van der Waals surface area (Å²) in [7, 11) is 0. The Morgan fingerprint density at radius 1 is 0.952 bits per heavy atom. The summed E-state index contributed by atoms with van der Waals surface area (Å²) < 4.78 is 0. The van der Waals surface area contributed by atoms with Crippen LogP contribution in [0.1, 0.15) is 10.4 Å². The van der Waals surface area contributed by atoms with Crippen LogP contribution in [0.4, 0.5) is 11.4 Å². The Bertz CT molecular complexity index is 851. The predicted molar refractivity (Wildman–Crippen MR) is 85.2 cm³/mol. The third kappa shape index (κ3) is 2.17. The van der Waals surface area contributed by atoms with Gasteiger partial charge in [0.05, 0.1) is 5.56 Å². The standard InChI is InChI=1S/C17H14N2O2/c18-11-8-14(17(20)21)16(15(19)9-11)13-7-3-5-10-4-1-2-6-12(10)13/h1-9H,18-19H2,(H,20,21). The van der Waals surface area contributed by atoms with Crippen LogP contribution in [0.5, 0.6) is 0 Å². The molecule has 0 saturated heterocycles. The molecule has 3 rings (SSSR count). The molecule has 0 aliphatic heterocycles. The lowest BCUT2D eigenvalue weighted by atomic mass is 9.93. The second-order valence-electron chi connectivity index (χ2n) is 4.86. The molecule has 0 saturated carbocycles. The number of carboxylic acid groups (broad SMARTS) is 1. The van der Waals surface area contributed by atoms with E-state index in [0.717, 1.165) is 16.3 Å². The van der Waals surface area contributed by atoms with Crippen LogP contribution < -0.4 is 11.5 Å². The number of carboxylic acids is 1. The zero-order valence-electron chi connectivity index (χ0n) is 11.2. The van der Waals surface area contributed by atoms with Gasteiger partial charge in [-0.25, -0.2) is 4.79 Å². The summed E-state index contributed by atoms with van der Waals surface area (Å²) in [5.41, 5.74) is 13.9. The lowest BCUT2D eigenvalue weighted by Gasteiger charge is -2.13. The maximum atomic E-state index is 11.5. The molecule has 0 heterocycles. The number of fused-ring (bicyclic) bond motifs is 1. The van der Waals surface area contributed by atoms with Gasteiger partial charge in [-0.1, -0.05) is 42.5 Å². The van der Waals surface area contributed by atoms with Crippen LogP contribution >= 0.6 is 0 Å². The Hall–Kier alpha value is -3.01. The number of anilines is 2. The van der Waals surface area contributed by atoms with Crippen molar-refractivity contribution >= 4 is 28.1 Å². The Kier molecular flexibility index (Phi) is 2.99. The van der Waals surface area contributed by atoms with Gasteiger partial charge in [-0.15, -0.1) is 0 Å². The van der Waals surface area contributed by atoms with Crippen molar-refractivity contribution in [3.05, 3.63) is 60.2 Å². The monoisotopic (exact) mass is 278 g/mol. The van der Waals surface area contributed by atoms with E-state index in [-0.39, 0.29) is 5.56 Å². The van der Waals surface area contributed by atoms with Gasteiger partial charge in [-0.3, -0.25) is 0 Å². The van der Waals surface area contributed by atoms with Crippen LogP contribution in [0.25, 0.3) is 21.9 Å². The van der Waals surface area contributed by atoms with Gasteiger partial charge < -0.3 is 16.6 Å². The highest BCUT2D eigenvalue weighted by Gasteiger charge is 2.17. The molecular weight excluding hydrogens is 264 g/mol. The number of carbonyl (C=O) groups is 1. The van der Waals surface area contributed by atoms with Gasteiger partial charge in [-0.2, -0.15) is 0 Å². The first-order chi connectivity index (χ1) is 10.1. The fourth-order valence-corrected chi connectivity index (χ4v) is 2.60. The number of benzene rings is 3. The van der Waals surface area contributed by atoms with Gasteiger partial charge in [0.25, 0.3) is 0 Å². The number of aromatic carboxylic acids is 1. The fourth-order valence-electron chi connectivity index (χ4n) is 2.60. The van der Waals surface area contributed by atoms with E-state index in [1.165, 1.54) is 6.07 Å². The average molecular weight is 278 g/mol. The summed E-state index contributed by atoms with van der Waals surface area (Å²) in [6, 6.07) is 16.6. The molecule has 0 aliphatic rings. The van der Waals surface area contributed by atoms with Crippen molar-refractivity contribution in [1.29, 1.82) is 0 Å². The second-order valence-corrected chi connectivity index (χ2v) is 4.86. The molecule has 5 N–H and O–H groups in total. The van der Waals surface area contributed by atoms with Crippen molar-refractivity contribution in [3.8, 4) is 11.1 Å². The molecule has 0 atom stereocenters.